The molecular weight excluding hydrogens is 466 g/mol. The lowest BCUT2D eigenvalue weighted by molar-refractivity contribution is -0.117. The molecule has 0 saturated heterocycles. The molecule has 2 aliphatic carbocycles. The van der Waals surface area contributed by atoms with Crippen molar-refractivity contribution in [3.8, 4) is 23.8 Å². The van der Waals surface area contributed by atoms with Crippen LogP contribution in [0.15, 0.2) is 34.7 Å². The van der Waals surface area contributed by atoms with Crippen LogP contribution in [0.3, 0.4) is 0 Å². The van der Waals surface area contributed by atoms with Crippen LogP contribution in [0.25, 0.3) is 0 Å². The molecule has 0 atom stereocenters. The summed E-state index contributed by atoms with van der Waals surface area (Å²) in [6.07, 6.45) is 10.4. The molecule has 0 bridgehead atoms. The summed E-state index contributed by atoms with van der Waals surface area (Å²) < 4.78 is 16.8. The SMILES string of the molecule is C#CCOc1c(Cl)cc(C2C3=C(CCCC3=O)N(CCCOC)C3=C2C(=O)CCC3)cc1OCC. The van der Waals surface area contributed by atoms with Gasteiger partial charge in [0, 0.05) is 61.6 Å². The molecule has 3 aliphatic rings. The molecule has 1 aromatic carbocycles. The van der Waals surface area contributed by atoms with Crippen molar-refractivity contribution in [1.82, 2.24) is 4.90 Å². The Balaban J connectivity index is 1.89. The van der Waals surface area contributed by atoms with E-state index in [-0.39, 0.29) is 18.2 Å². The molecule has 1 aliphatic heterocycles. The van der Waals surface area contributed by atoms with E-state index in [0.29, 0.717) is 42.6 Å². The Kier molecular flexibility index (Phi) is 8.20. The summed E-state index contributed by atoms with van der Waals surface area (Å²) in [7, 11) is 1.69. The minimum Gasteiger partial charge on any atom is -0.490 e. The normalized spacial score (nSPS) is 18.4. The lowest BCUT2D eigenvalue weighted by Gasteiger charge is -2.44. The van der Waals surface area contributed by atoms with Crippen molar-refractivity contribution in [3.05, 3.63) is 45.3 Å². The van der Waals surface area contributed by atoms with E-state index in [1.54, 1.807) is 13.2 Å². The molecule has 4 rings (SSSR count). The van der Waals surface area contributed by atoms with Gasteiger partial charge in [0.25, 0.3) is 0 Å². The molecule has 1 aromatic rings. The molecule has 0 aromatic heterocycles. The Bertz CT molecular complexity index is 1070. The van der Waals surface area contributed by atoms with E-state index in [1.165, 1.54) is 0 Å². The first-order valence-electron chi connectivity index (χ1n) is 12.3. The molecule has 0 amide bonds. The monoisotopic (exact) mass is 497 g/mol. The number of rotatable bonds is 9. The van der Waals surface area contributed by atoms with Gasteiger partial charge >= 0.3 is 0 Å². The van der Waals surface area contributed by atoms with Gasteiger partial charge in [-0.3, -0.25) is 9.59 Å². The summed E-state index contributed by atoms with van der Waals surface area (Å²) in [6.45, 7) is 3.69. The van der Waals surface area contributed by atoms with Crippen LogP contribution in [0.5, 0.6) is 11.5 Å². The third-order valence-electron chi connectivity index (χ3n) is 6.78. The van der Waals surface area contributed by atoms with Gasteiger partial charge in [0.05, 0.1) is 11.6 Å². The second-order valence-electron chi connectivity index (χ2n) is 8.96. The first-order valence-corrected chi connectivity index (χ1v) is 12.7. The smallest absolute Gasteiger partial charge is 0.181 e. The average molecular weight is 498 g/mol. The predicted molar refractivity (Wildman–Crippen MR) is 135 cm³/mol. The first kappa shape index (κ1) is 25.3. The van der Waals surface area contributed by atoms with E-state index >= 15 is 0 Å². The van der Waals surface area contributed by atoms with Gasteiger partial charge in [0.1, 0.15) is 6.61 Å². The van der Waals surface area contributed by atoms with Crippen LogP contribution in [0, 0.1) is 12.3 Å². The van der Waals surface area contributed by atoms with E-state index in [9.17, 15) is 9.59 Å². The zero-order valence-electron chi connectivity index (χ0n) is 20.5. The third-order valence-corrected chi connectivity index (χ3v) is 7.06. The third kappa shape index (κ3) is 4.98. The molecule has 0 unspecified atom stereocenters. The van der Waals surface area contributed by atoms with E-state index in [1.807, 2.05) is 13.0 Å². The van der Waals surface area contributed by atoms with Gasteiger partial charge < -0.3 is 19.1 Å². The standard InChI is InChI=1S/C28H32ClNO5/c1-4-14-35-28-19(29)16-18(17-24(28)34-5-2)25-26-20(9-6-11-22(26)31)30(13-8-15-33-3)21-10-7-12-23(32)27(21)25/h1,16-17,25H,5-15H2,2-3H3. The number of Topliss-reactive ketones (excluding diaryl/α,β-unsaturated/α-hetero) is 2. The van der Waals surface area contributed by atoms with Gasteiger partial charge in [-0.15, -0.1) is 6.42 Å². The predicted octanol–water partition coefficient (Wildman–Crippen LogP) is 5.20. The number of benzene rings is 1. The van der Waals surface area contributed by atoms with Crippen LogP contribution < -0.4 is 9.47 Å². The Hall–Kier alpha value is -2.75. The number of allylic oxidation sites excluding steroid dienone is 4. The van der Waals surface area contributed by atoms with Crippen molar-refractivity contribution < 1.29 is 23.8 Å². The zero-order chi connectivity index (χ0) is 24.9. The molecule has 35 heavy (non-hydrogen) atoms. The van der Waals surface area contributed by atoms with Crippen LogP contribution in [-0.4, -0.2) is 49.9 Å². The summed E-state index contributed by atoms with van der Waals surface area (Å²) in [4.78, 5) is 29.1. The Morgan fingerprint density at radius 3 is 2.29 bits per heavy atom. The number of hydrogen-bond donors (Lipinski definition) is 0. The van der Waals surface area contributed by atoms with Crippen molar-refractivity contribution in [2.45, 2.75) is 57.8 Å². The summed E-state index contributed by atoms with van der Waals surface area (Å²) in [5.74, 6) is 3.02. The van der Waals surface area contributed by atoms with Gasteiger partial charge in [0.15, 0.2) is 23.1 Å². The lowest BCUT2D eigenvalue weighted by Crippen LogP contribution is -2.39. The second kappa shape index (κ2) is 11.3. The van der Waals surface area contributed by atoms with Crippen molar-refractivity contribution >= 4 is 23.2 Å². The molecule has 7 heteroatoms. The number of carbonyl (C=O) groups excluding carboxylic acids is 2. The van der Waals surface area contributed by atoms with E-state index < -0.39 is 5.92 Å². The van der Waals surface area contributed by atoms with Gasteiger partial charge in [-0.25, -0.2) is 0 Å². The van der Waals surface area contributed by atoms with Gasteiger partial charge in [-0.1, -0.05) is 17.5 Å². The van der Waals surface area contributed by atoms with Crippen LogP contribution in [0.1, 0.15) is 63.4 Å². The highest BCUT2D eigenvalue weighted by Crippen LogP contribution is 2.51. The molecular formula is C28H32ClNO5. The molecule has 0 radical (unpaired) electrons. The number of terminal acetylenes is 1. The summed E-state index contributed by atoms with van der Waals surface area (Å²) in [6, 6.07) is 3.64. The van der Waals surface area contributed by atoms with Crippen molar-refractivity contribution in [3.63, 3.8) is 0 Å². The van der Waals surface area contributed by atoms with E-state index in [0.717, 1.165) is 66.8 Å². The largest absolute Gasteiger partial charge is 0.490 e. The fourth-order valence-electron chi connectivity index (χ4n) is 5.46. The molecule has 6 nitrogen and oxygen atoms in total. The maximum Gasteiger partial charge on any atom is 0.181 e. The quantitative estimate of drug-likeness (QED) is 0.345. The Morgan fingerprint density at radius 1 is 1.06 bits per heavy atom. The number of ether oxygens (including phenoxy) is 3. The number of hydrogen-bond acceptors (Lipinski definition) is 6. The molecule has 0 fully saturated rings. The number of methoxy groups -OCH3 is 1. The molecule has 186 valence electrons. The van der Waals surface area contributed by atoms with E-state index in [2.05, 4.69) is 10.8 Å². The summed E-state index contributed by atoms with van der Waals surface area (Å²) in [5, 5.41) is 0.347. The van der Waals surface area contributed by atoms with Gasteiger partial charge in [0.2, 0.25) is 0 Å². The highest BCUT2D eigenvalue weighted by molar-refractivity contribution is 6.32. The Labute approximate surface area is 212 Å². The molecule has 0 spiro atoms. The second-order valence-corrected chi connectivity index (χ2v) is 9.37. The van der Waals surface area contributed by atoms with Crippen LogP contribution in [-0.2, 0) is 14.3 Å². The van der Waals surface area contributed by atoms with Crippen LogP contribution in [0.2, 0.25) is 5.02 Å². The number of nitrogens with zero attached hydrogens (tertiary/aromatic N) is 1. The maximum atomic E-state index is 13.4. The maximum absolute atomic E-state index is 13.4. The number of ketones is 2. The van der Waals surface area contributed by atoms with Gasteiger partial charge in [-0.2, -0.15) is 0 Å². The van der Waals surface area contributed by atoms with Crippen LogP contribution in [0.4, 0.5) is 0 Å². The van der Waals surface area contributed by atoms with Crippen molar-refractivity contribution in [2.75, 3.05) is 33.5 Å². The summed E-state index contributed by atoms with van der Waals surface area (Å²) >= 11 is 6.66. The fourth-order valence-corrected chi connectivity index (χ4v) is 5.73. The zero-order valence-corrected chi connectivity index (χ0v) is 21.2. The molecule has 1 heterocycles. The highest BCUT2D eigenvalue weighted by atomic mass is 35.5. The minimum atomic E-state index is -0.460. The average Bonchev–Trinajstić information content (AvgIpc) is 2.84. The number of halogens is 1. The van der Waals surface area contributed by atoms with E-state index in [4.69, 9.17) is 32.2 Å². The van der Waals surface area contributed by atoms with Crippen molar-refractivity contribution in [1.29, 1.82) is 0 Å². The molecule has 0 N–H and O–H groups in total. The topological polar surface area (TPSA) is 65.1 Å². The number of carbonyl (C=O) groups is 2. The van der Waals surface area contributed by atoms with Gasteiger partial charge in [-0.05, 0) is 56.7 Å². The fraction of sp³-hybridized carbons (Fsp3) is 0.500. The summed E-state index contributed by atoms with van der Waals surface area (Å²) in [5.41, 5.74) is 4.29. The van der Waals surface area contributed by atoms with Crippen LogP contribution >= 0.6 is 11.6 Å². The lowest BCUT2D eigenvalue weighted by atomic mass is 9.71. The van der Waals surface area contributed by atoms with Crippen molar-refractivity contribution in [2.24, 2.45) is 0 Å². The molecule has 0 saturated carbocycles. The Morgan fingerprint density at radius 2 is 1.71 bits per heavy atom. The highest BCUT2D eigenvalue weighted by Gasteiger charge is 2.43. The minimum absolute atomic E-state index is 0.0561. The first-order chi connectivity index (χ1) is 17.0.